The van der Waals surface area contributed by atoms with Gasteiger partial charge in [0.15, 0.2) is 0 Å². The molecule has 1 unspecified atom stereocenters. The molecule has 15 heavy (non-hydrogen) atoms. The number of aryl methyl sites for hydroxylation is 1. The van der Waals surface area contributed by atoms with Crippen LogP contribution in [0.5, 0.6) is 0 Å². The molecule has 0 radical (unpaired) electrons. The number of nitrogens with one attached hydrogen (secondary N) is 1. The summed E-state index contributed by atoms with van der Waals surface area (Å²) in [5.74, 6) is 0.852. The zero-order valence-corrected chi connectivity index (χ0v) is 11.2. The van der Waals surface area contributed by atoms with Crippen molar-refractivity contribution >= 4 is 11.3 Å². The fourth-order valence-electron chi connectivity index (χ4n) is 1.97. The molecule has 1 aromatic heterocycles. The van der Waals surface area contributed by atoms with Crippen LogP contribution < -0.4 is 5.32 Å². The Kier molecular flexibility index (Phi) is 5.34. The first-order chi connectivity index (χ1) is 7.21. The fourth-order valence-corrected chi connectivity index (χ4v) is 2.97. The zero-order chi connectivity index (χ0) is 11.3. The molecule has 0 aliphatic rings. The topological polar surface area (TPSA) is 12.0 Å². The van der Waals surface area contributed by atoms with Crippen molar-refractivity contribution in [3.8, 4) is 0 Å². The van der Waals surface area contributed by atoms with Gasteiger partial charge in [-0.25, -0.2) is 0 Å². The van der Waals surface area contributed by atoms with Gasteiger partial charge < -0.3 is 5.32 Å². The zero-order valence-electron chi connectivity index (χ0n) is 10.3. The van der Waals surface area contributed by atoms with Gasteiger partial charge in [-0.15, -0.1) is 11.3 Å². The largest absolute Gasteiger partial charge is 0.312 e. The Labute approximate surface area is 97.9 Å². The average molecular weight is 225 g/mol. The molecule has 0 aliphatic heterocycles. The van der Waals surface area contributed by atoms with Crippen LogP contribution in [-0.2, 0) is 0 Å². The highest BCUT2D eigenvalue weighted by Gasteiger charge is 2.15. The molecule has 1 nitrogen and oxygen atoms in total. The second-order valence-electron chi connectivity index (χ2n) is 4.21. The van der Waals surface area contributed by atoms with E-state index in [2.05, 4.69) is 45.3 Å². The smallest absolute Gasteiger partial charge is 0.0415 e. The van der Waals surface area contributed by atoms with Crippen LogP contribution in [0, 0.1) is 12.8 Å². The molecular weight excluding hydrogens is 202 g/mol. The molecule has 0 amide bonds. The van der Waals surface area contributed by atoms with E-state index in [0.29, 0.717) is 6.04 Å². The standard InChI is InChI=1S/C13H23NS/c1-5-11(6-2)9-12(14-4)13-8-7-10(3)15-13/h7-8,11-12,14H,5-6,9H2,1-4H3. The monoisotopic (exact) mass is 225 g/mol. The van der Waals surface area contributed by atoms with Crippen LogP contribution in [0.3, 0.4) is 0 Å². The molecular formula is C13H23NS. The third-order valence-corrected chi connectivity index (χ3v) is 4.29. The van der Waals surface area contributed by atoms with Crippen molar-refractivity contribution < 1.29 is 0 Å². The number of hydrogen-bond donors (Lipinski definition) is 1. The first-order valence-electron chi connectivity index (χ1n) is 5.94. The summed E-state index contributed by atoms with van der Waals surface area (Å²) >= 11 is 1.92. The first-order valence-corrected chi connectivity index (χ1v) is 6.76. The second kappa shape index (κ2) is 6.29. The van der Waals surface area contributed by atoms with E-state index in [1.54, 1.807) is 0 Å². The number of rotatable bonds is 6. The van der Waals surface area contributed by atoms with Crippen LogP contribution >= 0.6 is 11.3 Å². The molecule has 1 atom stereocenters. The molecule has 1 aromatic rings. The van der Waals surface area contributed by atoms with Crippen LogP contribution in [-0.4, -0.2) is 7.05 Å². The summed E-state index contributed by atoms with van der Waals surface area (Å²) in [4.78, 5) is 2.90. The molecule has 2 heteroatoms. The molecule has 0 saturated heterocycles. The minimum atomic E-state index is 0.550. The molecule has 0 bridgehead atoms. The van der Waals surface area contributed by atoms with Gasteiger partial charge in [-0.2, -0.15) is 0 Å². The van der Waals surface area contributed by atoms with Crippen LogP contribution in [0.15, 0.2) is 12.1 Å². The van der Waals surface area contributed by atoms with Gasteiger partial charge >= 0.3 is 0 Å². The lowest BCUT2D eigenvalue weighted by Crippen LogP contribution is -2.18. The highest BCUT2D eigenvalue weighted by atomic mass is 32.1. The molecule has 0 spiro atoms. The summed E-state index contributed by atoms with van der Waals surface area (Å²) in [6.45, 7) is 6.76. The molecule has 86 valence electrons. The van der Waals surface area contributed by atoms with Crippen molar-refractivity contribution in [1.29, 1.82) is 0 Å². The van der Waals surface area contributed by atoms with Crippen molar-refractivity contribution in [2.75, 3.05) is 7.05 Å². The Morgan fingerprint density at radius 2 is 1.93 bits per heavy atom. The predicted octanol–water partition coefficient (Wildman–Crippen LogP) is 4.14. The van der Waals surface area contributed by atoms with Crippen molar-refractivity contribution in [3.05, 3.63) is 21.9 Å². The summed E-state index contributed by atoms with van der Waals surface area (Å²) in [7, 11) is 2.07. The van der Waals surface area contributed by atoms with E-state index in [1.807, 2.05) is 11.3 Å². The molecule has 0 fully saturated rings. The normalized spacial score (nSPS) is 13.4. The Morgan fingerprint density at radius 3 is 2.33 bits per heavy atom. The lowest BCUT2D eigenvalue weighted by Gasteiger charge is -2.20. The van der Waals surface area contributed by atoms with Gasteiger partial charge in [-0.1, -0.05) is 26.7 Å². The molecule has 0 aromatic carbocycles. The van der Waals surface area contributed by atoms with Gasteiger partial charge in [-0.05, 0) is 38.4 Å². The number of hydrogen-bond acceptors (Lipinski definition) is 2. The summed E-state index contributed by atoms with van der Waals surface area (Å²) < 4.78 is 0. The van der Waals surface area contributed by atoms with Crippen molar-refractivity contribution in [2.45, 2.75) is 46.1 Å². The summed E-state index contributed by atoms with van der Waals surface area (Å²) in [5.41, 5.74) is 0. The van der Waals surface area contributed by atoms with Gasteiger partial charge in [0.25, 0.3) is 0 Å². The highest BCUT2D eigenvalue weighted by Crippen LogP contribution is 2.29. The van der Waals surface area contributed by atoms with Crippen LogP contribution in [0.25, 0.3) is 0 Å². The van der Waals surface area contributed by atoms with Crippen LogP contribution in [0.4, 0.5) is 0 Å². The Hall–Kier alpha value is -0.340. The SMILES string of the molecule is CCC(CC)CC(NC)c1ccc(C)s1. The maximum Gasteiger partial charge on any atom is 0.0415 e. The minimum Gasteiger partial charge on any atom is -0.312 e. The highest BCUT2D eigenvalue weighted by molar-refractivity contribution is 7.12. The van der Waals surface area contributed by atoms with Crippen LogP contribution in [0.2, 0.25) is 0 Å². The summed E-state index contributed by atoms with van der Waals surface area (Å²) in [6, 6.07) is 5.04. The minimum absolute atomic E-state index is 0.550. The third kappa shape index (κ3) is 3.62. The molecule has 1 rings (SSSR count). The molecule has 0 aliphatic carbocycles. The second-order valence-corrected chi connectivity index (χ2v) is 5.53. The van der Waals surface area contributed by atoms with Gasteiger partial charge in [0.05, 0.1) is 0 Å². The molecule has 1 heterocycles. The van der Waals surface area contributed by atoms with Gasteiger partial charge in [0.2, 0.25) is 0 Å². The van der Waals surface area contributed by atoms with Crippen molar-refractivity contribution in [1.82, 2.24) is 5.32 Å². The van der Waals surface area contributed by atoms with Crippen molar-refractivity contribution in [3.63, 3.8) is 0 Å². The van der Waals surface area contributed by atoms with E-state index in [0.717, 1.165) is 5.92 Å². The van der Waals surface area contributed by atoms with Gasteiger partial charge in [-0.3, -0.25) is 0 Å². The maximum atomic E-state index is 3.44. The predicted molar refractivity (Wildman–Crippen MR) is 69.5 cm³/mol. The van der Waals surface area contributed by atoms with E-state index in [4.69, 9.17) is 0 Å². The lowest BCUT2D eigenvalue weighted by molar-refractivity contribution is 0.388. The van der Waals surface area contributed by atoms with E-state index in [9.17, 15) is 0 Å². The fraction of sp³-hybridized carbons (Fsp3) is 0.692. The Balaban J connectivity index is 2.63. The Bertz CT molecular complexity index is 276. The molecule has 1 N–H and O–H groups in total. The van der Waals surface area contributed by atoms with Gasteiger partial charge in [0.1, 0.15) is 0 Å². The van der Waals surface area contributed by atoms with Crippen LogP contribution in [0.1, 0.15) is 48.9 Å². The van der Waals surface area contributed by atoms with Gasteiger partial charge in [0, 0.05) is 15.8 Å². The van der Waals surface area contributed by atoms with Crippen molar-refractivity contribution in [2.24, 2.45) is 5.92 Å². The van der Waals surface area contributed by atoms with E-state index in [-0.39, 0.29) is 0 Å². The van der Waals surface area contributed by atoms with E-state index >= 15 is 0 Å². The van der Waals surface area contributed by atoms with E-state index < -0.39 is 0 Å². The maximum absolute atomic E-state index is 3.44. The Morgan fingerprint density at radius 1 is 1.27 bits per heavy atom. The average Bonchev–Trinajstić information content (AvgIpc) is 2.67. The third-order valence-electron chi connectivity index (χ3n) is 3.18. The first kappa shape index (κ1) is 12.7. The van der Waals surface area contributed by atoms with E-state index in [1.165, 1.54) is 29.0 Å². The number of thiophene rings is 1. The molecule has 0 saturated carbocycles. The lowest BCUT2D eigenvalue weighted by atomic mass is 9.94. The summed E-state index contributed by atoms with van der Waals surface area (Å²) in [6.07, 6.45) is 3.85. The quantitative estimate of drug-likeness (QED) is 0.767. The summed E-state index contributed by atoms with van der Waals surface area (Å²) in [5, 5.41) is 3.44.